The Morgan fingerprint density at radius 1 is 1.29 bits per heavy atom. The van der Waals surface area contributed by atoms with Crippen LogP contribution in [0.4, 0.5) is 13.6 Å². The van der Waals surface area contributed by atoms with Gasteiger partial charge in [0.25, 0.3) is 0 Å². The van der Waals surface area contributed by atoms with E-state index in [2.05, 4.69) is 0 Å². The van der Waals surface area contributed by atoms with E-state index < -0.39 is 40.8 Å². The number of ether oxygens (including phenoxy) is 1. The molecule has 1 fully saturated rings. The normalized spacial score (nSPS) is 18.4. The number of carbonyl (C=O) groups excluding carboxylic acids is 1. The van der Waals surface area contributed by atoms with Crippen molar-refractivity contribution >= 4 is 12.1 Å². The third kappa shape index (κ3) is 4.01. The largest absolute Gasteiger partial charge is 0.477 e. The first-order chi connectivity index (χ1) is 11.1. The summed E-state index contributed by atoms with van der Waals surface area (Å²) in [6, 6.07) is 2.20. The summed E-state index contributed by atoms with van der Waals surface area (Å²) in [6.45, 7) is 5.96. The molecule has 1 N–H and O–H groups in total. The number of likely N-dealkylation sites (tertiary alicyclic amines) is 1. The van der Waals surface area contributed by atoms with Crippen molar-refractivity contribution in [2.75, 3.05) is 13.1 Å². The third-order valence-electron chi connectivity index (χ3n) is 3.85. The molecule has 1 aliphatic heterocycles. The average Bonchev–Trinajstić information content (AvgIpc) is 2.45. The molecule has 1 heterocycles. The smallest absolute Gasteiger partial charge is 0.410 e. The van der Waals surface area contributed by atoms with E-state index >= 15 is 0 Å². The van der Waals surface area contributed by atoms with Gasteiger partial charge in [-0.2, -0.15) is 0 Å². The van der Waals surface area contributed by atoms with Crippen LogP contribution in [0.2, 0.25) is 0 Å². The van der Waals surface area contributed by atoms with Gasteiger partial charge in [0.2, 0.25) is 0 Å². The molecule has 132 valence electrons. The lowest BCUT2D eigenvalue weighted by Crippen LogP contribution is -2.42. The second-order valence-corrected chi connectivity index (χ2v) is 6.90. The molecule has 1 aromatic rings. The summed E-state index contributed by atoms with van der Waals surface area (Å²) in [7, 11) is 0. The molecule has 0 saturated carbocycles. The van der Waals surface area contributed by atoms with Gasteiger partial charge >= 0.3 is 12.1 Å². The SMILES string of the molecule is CC(C)(C)OC(=O)N1CCCC(c2ccc(F)c(C(=O)O)c2F)C1. The molecule has 1 aromatic carbocycles. The molecule has 1 aliphatic rings. The molecule has 7 heteroatoms. The molecule has 1 amide bonds. The van der Waals surface area contributed by atoms with E-state index in [1.165, 1.54) is 11.0 Å². The lowest BCUT2D eigenvalue weighted by Gasteiger charge is -2.34. The van der Waals surface area contributed by atoms with E-state index in [0.29, 0.717) is 19.4 Å². The molecule has 1 unspecified atom stereocenters. The van der Waals surface area contributed by atoms with Crippen LogP contribution in [0.5, 0.6) is 0 Å². The number of aromatic carboxylic acids is 1. The van der Waals surface area contributed by atoms with Gasteiger partial charge in [0.05, 0.1) is 0 Å². The van der Waals surface area contributed by atoms with E-state index in [9.17, 15) is 18.4 Å². The Kier molecular flexibility index (Phi) is 5.11. The maximum Gasteiger partial charge on any atom is 0.410 e. The van der Waals surface area contributed by atoms with Crippen molar-refractivity contribution in [3.63, 3.8) is 0 Å². The van der Waals surface area contributed by atoms with Gasteiger partial charge in [-0.05, 0) is 45.2 Å². The van der Waals surface area contributed by atoms with Crippen molar-refractivity contribution in [3.8, 4) is 0 Å². The van der Waals surface area contributed by atoms with Gasteiger partial charge in [-0.15, -0.1) is 0 Å². The van der Waals surface area contributed by atoms with Gasteiger partial charge in [-0.25, -0.2) is 18.4 Å². The predicted octanol–water partition coefficient (Wildman–Crippen LogP) is 3.78. The van der Waals surface area contributed by atoms with Crippen molar-refractivity contribution in [3.05, 3.63) is 34.9 Å². The van der Waals surface area contributed by atoms with Gasteiger partial charge in [0.15, 0.2) is 0 Å². The highest BCUT2D eigenvalue weighted by Crippen LogP contribution is 2.31. The third-order valence-corrected chi connectivity index (χ3v) is 3.85. The summed E-state index contributed by atoms with van der Waals surface area (Å²) in [5, 5.41) is 8.97. The van der Waals surface area contributed by atoms with Crippen LogP contribution in [-0.2, 0) is 4.74 Å². The number of hydrogen-bond donors (Lipinski definition) is 1. The fourth-order valence-corrected chi connectivity index (χ4v) is 2.80. The van der Waals surface area contributed by atoms with Crippen molar-refractivity contribution in [1.29, 1.82) is 0 Å². The Bertz CT molecular complexity index is 655. The van der Waals surface area contributed by atoms with E-state index in [-0.39, 0.29) is 12.1 Å². The first kappa shape index (κ1) is 18.2. The number of carboxylic acids is 1. The summed E-state index contributed by atoms with van der Waals surface area (Å²) < 4.78 is 33.3. The zero-order valence-electron chi connectivity index (χ0n) is 13.9. The van der Waals surface area contributed by atoms with Crippen molar-refractivity contribution in [1.82, 2.24) is 4.90 Å². The average molecular weight is 341 g/mol. The van der Waals surface area contributed by atoms with E-state index in [4.69, 9.17) is 9.84 Å². The Labute approximate surface area is 139 Å². The lowest BCUT2D eigenvalue weighted by molar-refractivity contribution is 0.0196. The fraction of sp³-hybridized carbons (Fsp3) is 0.529. The number of nitrogens with zero attached hydrogens (tertiary/aromatic N) is 1. The number of carboxylic acid groups (broad SMARTS) is 1. The molecule has 0 radical (unpaired) electrons. The number of rotatable bonds is 2. The minimum Gasteiger partial charge on any atom is -0.477 e. The Balaban J connectivity index is 2.23. The summed E-state index contributed by atoms with van der Waals surface area (Å²) in [6.07, 6.45) is 0.720. The van der Waals surface area contributed by atoms with Crippen LogP contribution in [0.1, 0.15) is 55.5 Å². The van der Waals surface area contributed by atoms with E-state index in [1.807, 2.05) is 0 Å². The van der Waals surface area contributed by atoms with Crippen LogP contribution < -0.4 is 0 Å². The minimum absolute atomic E-state index is 0.113. The summed E-state index contributed by atoms with van der Waals surface area (Å²) in [5.74, 6) is -4.22. The molecule has 1 atom stereocenters. The highest BCUT2D eigenvalue weighted by molar-refractivity contribution is 5.88. The molecule has 0 aliphatic carbocycles. The van der Waals surface area contributed by atoms with Crippen LogP contribution >= 0.6 is 0 Å². The summed E-state index contributed by atoms with van der Waals surface area (Å²) >= 11 is 0. The molecule has 1 saturated heterocycles. The van der Waals surface area contributed by atoms with Crippen LogP contribution in [0.15, 0.2) is 12.1 Å². The fourth-order valence-electron chi connectivity index (χ4n) is 2.80. The van der Waals surface area contributed by atoms with Gasteiger partial charge < -0.3 is 14.7 Å². The zero-order chi connectivity index (χ0) is 18.1. The summed E-state index contributed by atoms with van der Waals surface area (Å²) in [5.41, 5.74) is -1.48. The van der Waals surface area contributed by atoms with Crippen molar-refractivity contribution < 1.29 is 28.2 Å². The van der Waals surface area contributed by atoms with E-state index in [1.54, 1.807) is 20.8 Å². The van der Waals surface area contributed by atoms with Gasteiger partial charge in [-0.1, -0.05) is 6.07 Å². The number of piperidine rings is 1. The number of carbonyl (C=O) groups is 2. The number of amides is 1. The molecular weight excluding hydrogens is 320 g/mol. The highest BCUT2D eigenvalue weighted by atomic mass is 19.1. The molecule has 2 rings (SSSR count). The Hall–Kier alpha value is -2.18. The molecular formula is C17H21F2NO4. The first-order valence-corrected chi connectivity index (χ1v) is 7.79. The van der Waals surface area contributed by atoms with Crippen molar-refractivity contribution in [2.24, 2.45) is 0 Å². The number of hydrogen-bond acceptors (Lipinski definition) is 3. The Morgan fingerprint density at radius 3 is 2.54 bits per heavy atom. The van der Waals surface area contributed by atoms with Gasteiger partial charge in [-0.3, -0.25) is 0 Å². The quantitative estimate of drug-likeness (QED) is 0.889. The van der Waals surface area contributed by atoms with Crippen LogP contribution in [0.3, 0.4) is 0 Å². The predicted molar refractivity (Wildman–Crippen MR) is 83.1 cm³/mol. The molecule has 0 aromatic heterocycles. The molecule has 24 heavy (non-hydrogen) atoms. The minimum atomic E-state index is -1.65. The van der Waals surface area contributed by atoms with Crippen LogP contribution in [0.25, 0.3) is 0 Å². The van der Waals surface area contributed by atoms with Crippen molar-refractivity contribution in [2.45, 2.75) is 45.1 Å². The molecule has 5 nitrogen and oxygen atoms in total. The second-order valence-electron chi connectivity index (χ2n) is 6.90. The maximum atomic E-state index is 14.4. The molecule has 0 bridgehead atoms. The lowest BCUT2D eigenvalue weighted by atomic mass is 9.89. The van der Waals surface area contributed by atoms with Gasteiger partial charge in [0.1, 0.15) is 22.8 Å². The second kappa shape index (κ2) is 6.75. The van der Waals surface area contributed by atoms with Crippen LogP contribution in [0, 0.1) is 11.6 Å². The molecule has 0 spiro atoms. The standard InChI is InChI=1S/C17H21F2NO4/c1-17(2,3)24-16(23)20-8-4-5-10(9-20)11-6-7-12(18)13(14(11)19)15(21)22/h6-7,10H,4-5,8-9H2,1-3H3,(H,21,22). The van der Waals surface area contributed by atoms with Crippen LogP contribution in [-0.4, -0.2) is 40.8 Å². The van der Waals surface area contributed by atoms with Gasteiger partial charge in [0, 0.05) is 19.0 Å². The topological polar surface area (TPSA) is 66.8 Å². The Morgan fingerprint density at radius 2 is 1.96 bits per heavy atom. The first-order valence-electron chi connectivity index (χ1n) is 7.79. The highest BCUT2D eigenvalue weighted by Gasteiger charge is 2.31. The summed E-state index contributed by atoms with van der Waals surface area (Å²) in [4.78, 5) is 24.7. The zero-order valence-corrected chi connectivity index (χ0v) is 13.9. The maximum absolute atomic E-state index is 14.4. The van der Waals surface area contributed by atoms with E-state index in [0.717, 1.165) is 6.07 Å². The monoisotopic (exact) mass is 341 g/mol. The number of benzene rings is 1. The number of halogens is 2.